The Bertz CT molecular complexity index is 2140. The summed E-state index contributed by atoms with van der Waals surface area (Å²) in [4.78, 5) is 4.88. The van der Waals surface area contributed by atoms with Gasteiger partial charge in [-0.1, -0.05) is 152 Å². The number of hydrogen-bond acceptors (Lipinski definition) is 2. The first-order chi connectivity index (χ1) is 24.8. The van der Waals surface area contributed by atoms with Gasteiger partial charge in [-0.3, -0.25) is 0 Å². The topological polar surface area (TPSA) is 6.48 Å². The van der Waals surface area contributed by atoms with Crippen molar-refractivity contribution in [3.8, 4) is 22.3 Å². The third kappa shape index (κ3) is 5.59. The molecule has 0 radical (unpaired) electrons. The summed E-state index contributed by atoms with van der Waals surface area (Å²) in [7, 11) is 0. The van der Waals surface area contributed by atoms with Crippen LogP contribution in [0.25, 0.3) is 22.3 Å². The zero-order chi connectivity index (χ0) is 33.3. The van der Waals surface area contributed by atoms with Crippen molar-refractivity contribution in [3.05, 3.63) is 217 Å². The Balaban J connectivity index is 0.987. The molecule has 2 aliphatic carbocycles. The van der Waals surface area contributed by atoms with E-state index in [9.17, 15) is 0 Å². The predicted molar refractivity (Wildman–Crippen MR) is 210 cm³/mol. The lowest BCUT2D eigenvalue weighted by molar-refractivity contribution is 0.744. The van der Waals surface area contributed by atoms with Crippen LogP contribution < -0.4 is 9.80 Å². The van der Waals surface area contributed by atoms with E-state index in [4.69, 9.17) is 0 Å². The summed E-state index contributed by atoms with van der Waals surface area (Å²) < 4.78 is 0. The lowest BCUT2D eigenvalue weighted by Gasteiger charge is -2.30. The minimum absolute atomic E-state index is 0.317. The Morgan fingerprint density at radius 1 is 0.500 bits per heavy atom. The van der Waals surface area contributed by atoms with Gasteiger partial charge in [0.25, 0.3) is 0 Å². The van der Waals surface area contributed by atoms with Crippen LogP contribution in [0.4, 0.5) is 22.7 Å². The van der Waals surface area contributed by atoms with Gasteiger partial charge < -0.3 is 9.80 Å². The molecular formula is C48H38N2. The second-order valence-electron chi connectivity index (χ2n) is 13.3. The Morgan fingerprint density at radius 3 is 1.66 bits per heavy atom. The van der Waals surface area contributed by atoms with Gasteiger partial charge in [0.2, 0.25) is 0 Å². The summed E-state index contributed by atoms with van der Waals surface area (Å²) in [6, 6.07) is 57.5. The molecule has 0 saturated carbocycles. The molecule has 1 heterocycles. The van der Waals surface area contributed by atoms with Gasteiger partial charge in [-0.05, 0) is 88.3 Å². The molecule has 0 amide bonds. The summed E-state index contributed by atoms with van der Waals surface area (Å²) in [5.74, 6) is 0.722. The van der Waals surface area contributed by atoms with Crippen LogP contribution in [0.1, 0.15) is 29.4 Å². The third-order valence-electron chi connectivity index (χ3n) is 10.4. The average molecular weight is 643 g/mol. The van der Waals surface area contributed by atoms with Crippen molar-refractivity contribution in [1.82, 2.24) is 0 Å². The van der Waals surface area contributed by atoms with Crippen LogP contribution in [0.5, 0.6) is 0 Å². The van der Waals surface area contributed by atoms with Crippen LogP contribution in [0, 0.1) is 0 Å². The summed E-state index contributed by atoms with van der Waals surface area (Å²) in [5.41, 5.74) is 13.7. The minimum Gasteiger partial charge on any atom is -0.333 e. The molecule has 0 aromatic heterocycles. The molecule has 3 unspecified atom stereocenters. The van der Waals surface area contributed by atoms with Gasteiger partial charge in [-0.15, -0.1) is 0 Å². The van der Waals surface area contributed by atoms with Crippen LogP contribution in [-0.4, -0.2) is 6.04 Å². The molecule has 2 heteroatoms. The average Bonchev–Trinajstić information content (AvgIpc) is 3.54. The molecule has 3 aliphatic rings. The lowest BCUT2D eigenvalue weighted by Crippen LogP contribution is -2.28. The van der Waals surface area contributed by atoms with Crippen molar-refractivity contribution in [3.63, 3.8) is 0 Å². The highest BCUT2D eigenvalue weighted by atomic mass is 15.2. The lowest BCUT2D eigenvalue weighted by atomic mass is 9.90. The fourth-order valence-electron chi connectivity index (χ4n) is 7.81. The maximum absolute atomic E-state index is 2.50. The van der Waals surface area contributed by atoms with Crippen molar-refractivity contribution in [2.45, 2.75) is 24.3 Å². The van der Waals surface area contributed by atoms with Crippen molar-refractivity contribution in [2.24, 2.45) is 0 Å². The monoisotopic (exact) mass is 642 g/mol. The van der Waals surface area contributed by atoms with E-state index < -0.39 is 0 Å². The van der Waals surface area contributed by atoms with Gasteiger partial charge in [0, 0.05) is 40.3 Å². The molecule has 9 rings (SSSR count). The summed E-state index contributed by atoms with van der Waals surface area (Å²) in [6.07, 6.45) is 17.1. The minimum atomic E-state index is 0.317. The molecular weight excluding hydrogens is 605 g/mol. The highest BCUT2D eigenvalue weighted by Crippen LogP contribution is 2.47. The SMILES string of the molecule is C1=CC2c3ccccc3N(c3ccc(C4C=CC(N(c5ccc(-c6ccccc6)cc5)c5ccc(-c6ccccc6)cc5)=CC4)cc3)C2C=C1. The van der Waals surface area contributed by atoms with Crippen molar-refractivity contribution >= 4 is 22.7 Å². The summed E-state index contributed by atoms with van der Waals surface area (Å²) in [5, 5.41) is 0. The smallest absolute Gasteiger partial charge is 0.0629 e. The molecule has 0 N–H and O–H groups in total. The molecule has 1 aliphatic heterocycles. The first-order valence-electron chi connectivity index (χ1n) is 17.6. The fraction of sp³-hybridized carbons (Fsp3) is 0.0833. The van der Waals surface area contributed by atoms with E-state index in [0.717, 1.165) is 17.8 Å². The van der Waals surface area contributed by atoms with E-state index in [0.29, 0.717) is 17.9 Å². The van der Waals surface area contributed by atoms with E-state index in [2.05, 4.69) is 210 Å². The normalized spacial score (nSPS) is 18.8. The highest BCUT2D eigenvalue weighted by molar-refractivity contribution is 5.77. The van der Waals surface area contributed by atoms with Crippen LogP contribution in [-0.2, 0) is 0 Å². The van der Waals surface area contributed by atoms with Gasteiger partial charge in [-0.25, -0.2) is 0 Å². The van der Waals surface area contributed by atoms with Gasteiger partial charge in [0.1, 0.15) is 0 Å². The Morgan fingerprint density at radius 2 is 1.06 bits per heavy atom. The number of rotatable bonds is 7. The van der Waals surface area contributed by atoms with Gasteiger partial charge in [0.15, 0.2) is 0 Å². The zero-order valence-corrected chi connectivity index (χ0v) is 27.9. The van der Waals surface area contributed by atoms with Crippen molar-refractivity contribution in [2.75, 3.05) is 9.80 Å². The molecule has 6 aromatic rings. The second-order valence-corrected chi connectivity index (χ2v) is 13.3. The van der Waals surface area contributed by atoms with Gasteiger partial charge in [0.05, 0.1) is 6.04 Å². The fourth-order valence-corrected chi connectivity index (χ4v) is 7.81. The van der Waals surface area contributed by atoms with Crippen LogP contribution in [0.2, 0.25) is 0 Å². The van der Waals surface area contributed by atoms with E-state index in [1.165, 1.54) is 50.5 Å². The molecule has 2 nitrogen and oxygen atoms in total. The number of allylic oxidation sites excluding steroid dienone is 5. The van der Waals surface area contributed by atoms with Crippen molar-refractivity contribution in [1.29, 1.82) is 0 Å². The molecule has 0 bridgehead atoms. The number of anilines is 4. The van der Waals surface area contributed by atoms with E-state index in [-0.39, 0.29) is 0 Å². The van der Waals surface area contributed by atoms with E-state index >= 15 is 0 Å². The van der Waals surface area contributed by atoms with E-state index in [1.54, 1.807) is 0 Å². The third-order valence-corrected chi connectivity index (χ3v) is 10.4. The van der Waals surface area contributed by atoms with Crippen molar-refractivity contribution < 1.29 is 0 Å². The summed E-state index contributed by atoms with van der Waals surface area (Å²) in [6.45, 7) is 0. The van der Waals surface area contributed by atoms with Gasteiger partial charge >= 0.3 is 0 Å². The zero-order valence-electron chi connectivity index (χ0n) is 27.9. The Kier molecular flexibility index (Phi) is 7.83. The quantitative estimate of drug-likeness (QED) is 0.171. The number of hydrogen-bond donors (Lipinski definition) is 0. The highest BCUT2D eigenvalue weighted by Gasteiger charge is 2.37. The molecule has 0 saturated heterocycles. The van der Waals surface area contributed by atoms with Crippen LogP contribution in [0.3, 0.4) is 0 Å². The van der Waals surface area contributed by atoms with Crippen LogP contribution in [0.15, 0.2) is 206 Å². The van der Waals surface area contributed by atoms with E-state index in [1.807, 2.05) is 0 Å². The Labute approximate surface area is 295 Å². The molecule has 0 fully saturated rings. The van der Waals surface area contributed by atoms with Gasteiger partial charge in [-0.2, -0.15) is 0 Å². The summed E-state index contributed by atoms with van der Waals surface area (Å²) >= 11 is 0. The maximum atomic E-state index is 2.50. The van der Waals surface area contributed by atoms with Crippen LogP contribution >= 0.6 is 0 Å². The molecule has 50 heavy (non-hydrogen) atoms. The first-order valence-corrected chi connectivity index (χ1v) is 17.6. The second kappa shape index (κ2) is 13.1. The molecule has 240 valence electrons. The number of benzene rings is 6. The number of nitrogens with zero attached hydrogens (tertiary/aromatic N) is 2. The Hall–Kier alpha value is -6.12. The molecule has 0 spiro atoms. The maximum Gasteiger partial charge on any atom is 0.0629 e. The molecule has 6 aromatic carbocycles. The largest absolute Gasteiger partial charge is 0.333 e. The first kappa shape index (κ1) is 30.0. The number of fused-ring (bicyclic) bond motifs is 3. The number of para-hydroxylation sites is 1. The standard InChI is InChI=1S/C48H38N2/c1-3-11-35(12-4-1)37-19-27-41(28-20-37)49(42-29-21-38(22-30-42)36-13-5-2-6-14-36)43-31-23-39(24-32-43)40-25-33-44(34-26-40)50-47-17-9-7-15-45(47)46-16-8-10-18-48(46)50/h1-23,25-34,39,45,47H,24H2. The molecule has 3 atom stereocenters. The predicted octanol–water partition coefficient (Wildman–Crippen LogP) is 12.5.